The van der Waals surface area contributed by atoms with Gasteiger partial charge in [-0.2, -0.15) is 13.2 Å². The van der Waals surface area contributed by atoms with E-state index in [1.807, 2.05) is 0 Å². The second-order valence-corrected chi connectivity index (χ2v) is 4.21. The molecule has 0 radical (unpaired) electrons. The fraction of sp³-hybridized carbons (Fsp3) is 0.417. The average molecular weight is 276 g/mol. The van der Waals surface area contributed by atoms with E-state index in [0.717, 1.165) is 17.0 Å². The van der Waals surface area contributed by atoms with Crippen molar-refractivity contribution in [3.8, 4) is 0 Å². The Balaban J connectivity index is 3.19. The molecule has 1 amide bonds. The van der Waals surface area contributed by atoms with Gasteiger partial charge in [-0.3, -0.25) is 4.79 Å². The molecule has 1 aromatic carbocycles. The molecular weight excluding hydrogens is 261 g/mol. The molecule has 0 fully saturated rings. The van der Waals surface area contributed by atoms with Crippen molar-refractivity contribution in [3.05, 3.63) is 29.3 Å². The van der Waals surface area contributed by atoms with Gasteiger partial charge in [0.15, 0.2) is 0 Å². The summed E-state index contributed by atoms with van der Waals surface area (Å²) in [4.78, 5) is 13.2. The minimum atomic E-state index is -4.61. The van der Waals surface area contributed by atoms with Crippen LogP contribution in [-0.2, 0) is 6.18 Å². The van der Waals surface area contributed by atoms with E-state index in [1.165, 1.54) is 13.1 Å². The summed E-state index contributed by atoms with van der Waals surface area (Å²) in [7, 11) is 1.39. The number of hydrogen-bond donors (Lipinski definition) is 2. The molecule has 1 rings (SSSR count). The number of likely N-dealkylation sites (N-methyl/N-ethyl adjacent to an activating group) is 1. The largest absolute Gasteiger partial charge is 0.418 e. The minimum Gasteiger partial charge on any atom is -0.398 e. The maximum atomic E-state index is 12.7. The van der Waals surface area contributed by atoms with Crippen molar-refractivity contribution in [3.63, 3.8) is 0 Å². The Morgan fingerprint density at radius 2 is 2.05 bits per heavy atom. The molecule has 19 heavy (non-hydrogen) atoms. The third-order valence-corrected chi connectivity index (χ3v) is 2.89. The fourth-order valence-corrected chi connectivity index (χ4v) is 1.51. The Bertz CT molecular complexity index is 475. The van der Waals surface area contributed by atoms with Crippen molar-refractivity contribution in [2.75, 3.05) is 19.4 Å². The molecule has 0 saturated carbocycles. The number of nitrogens with two attached hydrogens (primary N) is 1. The van der Waals surface area contributed by atoms with Crippen LogP contribution in [0, 0.1) is 0 Å². The van der Waals surface area contributed by atoms with Gasteiger partial charge in [-0.1, -0.05) is 6.07 Å². The molecule has 0 aromatic heterocycles. The first kappa shape index (κ1) is 15.3. The van der Waals surface area contributed by atoms with Crippen molar-refractivity contribution >= 4 is 11.6 Å². The van der Waals surface area contributed by atoms with Crippen molar-refractivity contribution < 1.29 is 23.1 Å². The fourth-order valence-electron chi connectivity index (χ4n) is 1.51. The number of nitrogen functional groups attached to an aromatic ring is 1. The average Bonchev–Trinajstić information content (AvgIpc) is 2.35. The van der Waals surface area contributed by atoms with Gasteiger partial charge < -0.3 is 15.7 Å². The molecular formula is C12H15F3N2O2. The van der Waals surface area contributed by atoms with Crippen molar-refractivity contribution in [1.82, 2.24) is 4.90 Å². The number of carbonyl (C=O) groups excluding carboxylic acids is 1. The number of amides is 1. The van der Waals surface area contributed by atoms with E-state index in [2.05, 4.69) is 0 Å². The Kier molecular flexibility index (Phi) is 4.41. The second kappa shape index (κ2) is 5.48. The number of para-hydroxylation sites is 1. The van der Waals surface area contributed by atoms with E-state index >= 15 is 0 Å². The van der Waals surface area contributed by atoms with Crippen LogP contribution < -0.4 is 5.73 Å². The van der Waals surface area contributed by atoms with Crippen LogP contribution in [0.3, 0.4) is 0 Å². The monoisotopic (exact) mass is 276 g/mol. The van der Waals surface area contributed by atoms with E-state index in [1.54, 1.807) is 6.92 Å². The van der Waals surface area contributed by atoms with E-state index in [0.29, 0.717) is 0 Å². The summed E-state index contributed by atoms with van der Waals surface area (Å²) in [6.45, 7) is 1.28. The molecule has 1 aromatic rings. The normalized spacial score (nSPS) is 13.2. The molecule has 0 heterocycles. The summed E-state index contributed by atoms with van der Waals surface area (Å²) in [5.74, 6) is -0.662. The quantitative estimate of drug-likeness (QED) is 0.826. The van der Waals surface area contributed by atoms with E-state index in [9.17, 15) is 18.0 Å². The molecule has 0 aliphatic rings. The highest BCUT2D eigenvalue weighted by Crippen LogP contribution is 2.35. The first-order valence-corrected chi connectivity index (χ1v) is 5.53. The Morgan fingerprint density at radius 3 is 2.53 bits per heavy atom. The SMILES string of the molecule is CC(CO)N(C)C(=O)c1cccc(C(F)(F)F)c1N. The first-order valence-electron chi connectivity index (χ1n) is 5.53. The molecule has 0 saturated heterocycles. The zero-order valence-electron chi connectivity index (χ0n) is 10.5. The lowest BCUT2D eigenvalue weighted by Crippen LogP contribution is -2.37. The number of carbonyl (C=O) groups is 1. The lowest BCUT2D eigenvalue weighted by Gasteiger charge is -2.24. The standard InChI is InChI=1S/C12H15F3N2O2/c1-7(6-18)17(2)11(19)8-4-3-5-9(10(8)16)12(13,14)15/h3-5,7,18H,6,16H2,1-2H3. The lowest BCUT2D eigenvalue weighted by atomic mass is 10.1. The molecule has 0 aliphatic carbocycles. The van der Waals surface area contributed by atoms with Crippen LogP contribution in [-0.4, -0.2) is 35.6 Å². The molecule has 4 nitrogen and oxygen atoms in total. The van der Waals surface area contributed by atoms with Crippen LogP contribution in [0.2, 0.25) is 0 Å². The summed E-state index contributed by atoms with van der Waals surface area (Å²) >= 11 is 0. The predicted octanol–water partition coefficient (Wildman–Crippen LogP) is 1.74. The zero-order chi connectivity index (χ0) is 14.8. The summed E-state index contributed by atoms with van der Waals surface area (Å²) in [6.07, 6.45) is -4.61. The van der Waals surface area contributed by atoms with Crippen molar-refractivity contribution in [2.24, 2.45) is 0 Å². The number of hydrogen-bond acceptors (Lipinski definition) is 3. The van der Waals surface area contributed by atoms with Crippen molar-refractivity contribution in [2.45, 2.75) is 19.1 Å². The third kappa shape index (κ3) is 3.17. The highest BCUT2D eigenvalue weighted by Gasteiger charge is 2.34. The number of aliphatic hydroxyl groups excluding tert-OH is 1. The van der Waals surface area contributed by atoms with Gasteiger partial charge in [-0.05, 0) is 19.1 Å². The van der Waals surface area contributed by atoms with Crippen LogP contribution in [0.25, 0.3) is 0 Å². The number of nitrogens with zero attached hydrogens (tertiary/aromatic N) is 1. The highest BCUT2D eigenvalue weighted by atomic mass is 19.4. The van der Waals surface area contributed by atoms with Gasteiger partial charge in [-0.25, -0.2) is 0 Å². The van der Waals surface area contributed by atoms with Crippen molar-refractivity contribution in [1.29, 1.82) is 0 Å². The number of aliphatic hydroxyl groups is 1. The molecule has 7 heteroatoms. The maximum Gasteiger partial charge on any atom is 0.418 e. The van der Waals surface area contributed by atoms with Crippen LogP contribution in [0.4, 0.5) is 18.9 Å². The van der Waals surface area contributed by atoms with E-state index in [-0.39, 0.29) is 12.2 Å². The summed E-state index contributed by atoms with van der Waals surface area (Å²) in [5, 5.41) is 8.95. The molecule has 0 bridgehead atoms. The number of benzene rings is 1. The maximum absolute atomic E-state index is 12.7. The van der Waals surface area contributed by atoms with E-state index < -0.39 is 29.4 Å². The Morgan fingerprint density at radius 1 is 1.47 bits per heavy atom. The lowest BCUT2D eigenvalue weighted by molar-refractivity contribution is -0.136. The Labute approximate surface area is 108 Å². The van der Waals surface area contributed by atoms with Crippen LogP contribution in [0.5, 0.6) is 0 Å². The van der Waals surface area contributed by atoms with Gasteiger partial charge in [0.05, 0.1) is 29.5 Å². The summed E-state index contributed by atoms with van der Waals surface area (Å²) < 4.78 is 38.0. The zero-order valence-corrected chi connectivity index (χ0v) is 10.5. The van der Waals surface area contributed by atoms with Gasteiger partial charge >= 0.3 is 6.18 Å². The van der Waals surface area contributed by atoms with Crippen LogP contribution in [0.15, 0.2) is 18.2 Å². The topological polar surface area (TPSA) is 66.6 Å². The predicted molar refractivity (Wildman–Crippen MR) is 64.5 cm³/mol. The van der Waals surface area contributed by atoms with Gasteiger partial charge in [0.1, 0.15) is 0 Å². The molecule has 0 aliphatic heterocycles. The van der Waals surface area contributed by atoms with E-state index in [4.69, 9.17) is 10.8 Å². The first-order chi connectivity index (χ1) is 8.70. The molecule has 1 unspecified atom stereocenters. The Hall–Kier alpha value is -1.76. The van der Waals surface area contributed by atoms with Gasteiger partial charge in [0, 0.05) is 7.05 Å². The second-order valence-electron chi connectivity index (χ2n) is 4.21. The summed E-state index contributed by atoms with van der Waals surface area (Å²) in [5.41, 5.74) is 3.56. The molecule has 1 atom stereocenters. The molecule has 106 valence electrons. The molecule has 0 spiro atoms. The van der Waals surface area contributed by atoms with Crippen LogP contribution in [0.1, 0.15) is 22.8 Å². The van der Waals surface area contributed by atoms with Gasteiger partial charge in [-0.15, -0.1) is 0 Å². The number of anilines is 1. The van der Waals surface area contributed by atoms with Gasteiger partial charge in [0.25, 0.3) is 5.91 Å². The van der Waals surface area contributed by atoms with Gasteiger partial charge in [0.2, 0.25) is 0 Å². The minimum absolute atomic E-state index is 0.224. The van der Waals surface area contributed by atoms with Crippen LogP contribution >= 0.6 is 0 Å². The highest BCUT2D eigenvalue weighted by molar-refractivity contribution is 5.99. The third-order valence-electron chi connectivity index (χ3n) is 2.89. The smallest absolute Gasteiger partial charge is 0.398 e. The summed E-state index contributed by atoms with van der Waals surface area (Å²) in [6, 6.07) is 2.67. The molecule has 3 N–H and O–H groups in total. The number of halogens is 3. The number of rotatable bonds is 3. The number of alkyl halides is 3.